The molecule has 1 rings (SSSR count). The van der Waals surface area contributed by atoms with E-state index in [1.807, 2.05) is 0 Å². The third-order valence-corrected chi connectivity index (χ3v) is 3.04. The van der Waals surface area contributed by atoms with E-state index in [4.69, 9.17) is 11.6 Å². The van der Waals surface area contributed by atoms with Crippen LogP contribution in [-0.4, -0.2) is 5.38 Å². The van der Waals surface area contributed by atoms with Gasteiger partial charge in [0.2, 0.25) is 0 Å². The van der Waals surface area contributed by atoms with Gasteiger partial charge >= 0.3 is 0 Å². The minimum Gasteiger partial charge on any atom is -0.118 e. The van der Waals surface area contributed by atoms with Crippen LogP contribution in [0.4, 0.5) is 0 Å². The van der Waals surface area contributed by atoms with Crippen molar-refractivity contribution in [2.24, 2.45) is 5.92 Å². The molecule has 0 aromatic rings. The molecule has 0 amide bonds. The van der Waals surface area contributed by atoms with Crippen molar-refractivity contribution in [1.29, 1.82) is 0 Å². The minimum atomic E-state index is 0.313. The predicted molar refractivity (Wildman–Crippen MR) is 55.6 cm³/mol. The molecule has 1 aliphatic carbocycles. The van der Waals surface area contributed by atoms with Crippen LogP contribution in [0.2, 0.25) is 0 Å². The van der Waals surface area contributed by atoms with E-state index in [9.17, 15) is 0 Å². The summed E-state index contributed by atoms with van der Waals surface area (Å²) in [5, 5.41) is 0.313. The van der Waals surface area contributed by atoms with Crippen molar-refractivity contribution < 1.29 is 0 Å². The quantitative estimate of drug-likeness (QED) is 0.459. The first-order valence-corrected chi connectivity index (χ1v) is 5.52. The lowest BCUT2D eigenvalue weighted by molar-refractivity contribution is 0.546. The van der Waals surface area contributed by atoms with Gasteiger partial charge in [-0.1, -0.05) is 31.9 Å². The molecule has 2 unspecified atom stereocenters. The molecular formula is C11H19Cl. The summed E-state index contributed by atoms with van der Waals surface area (Å²) in [5.41, 5.74) is 1.60. The van der Waals surface area contributed by atoms with Crippen LogP contribution in [0.5, 0.6) is 0 Å². The third kappa shape index (κ3) is 2.82. The Morgan fingerprint density at radius 3 is 3.00 bits per heavy atom. The van der Waals surface area contributed by atoms with Crippen LogP contribution in [0.1, 0.15) is 46.0 Å². The molecule has 0 radical (unpaired) electrons. The molecule has 70 valence electrons. The highest BCUT2D eigenvalue weighted by molar-refractivity contribution is 6.21. The molecule has 0 heterocycles. The molecule has 0 aromatic carbocycles. The first-order chi connectivity index (χ1) is 5.74. The molecule has 1 heteroatoms. The Bertz CT molecular complexity index is 160. The maximum absolute atomic E-state index is 6.08. The van der Waals surface area contributed by atoms with Gasteiger partial charge in [-0.3, -0.25) is 0 Å². The van der Waals surface area contributed by atoms with Crippen molar-refractivity contribution in [3.05, 3.63) is 11.6 Å². The van der Waals surface area contributed by atoms with Crippen LogP contribution in [0.3, 0.4) is 0 Å². The SMILES string of the molecule is CCCC(C)C1=CC(Cl)CCC1. The maximum Gasteiger partial charge on any atom is 0.0518 e. The Morgan fingerprint density at radius 1 is 1.67 bits per heavy atom. The van der Waals surface area contributed by atoms with Gasteiger partial charge in [-0.05, 0) is 31.6 Å². The molecule has 0 spiro atoms. The zero-order chi connectivity index (χ0) is 8.97. The maximum atomic E-state index is 6.08. The minimum absolute atomic E-state index is 0.313. The van der Waals surface area contributed by atoms with Crippen LogP contribution in [-0.2, 0) is 0 Å². The van der Waals surface area contributed by atoms with Crippen LogP contribution in [0.15, 0.2) is 11.6 Å². The Hall–Kier alpha value is 0.0300. The molecule has 0 aromatic heterocycles. The van der Waals surface area contributed by atoms with Gasteiger partial charge in [0.15, 0.2) is 0 Å². The monoisotopic (exact) mass is 186 g/mol. The Labute approximate surface area is 81.0 Å². The van der Waals surface area contributed by atoms with Crippen molar-refractivity contribution in [2.75, 3.05) is 0 Å². The van der Waals surface area contributed by atoms with Gasteiger partial charge < -0.3 is 0 Å². The highest BCUT2D eigenvalue weighted by Crippen LogP contribution is 2.28. The number of hydrogen-bond acceptors (Lipinski definition) is 0. The highest BCUT2D eigenvalue weighted by atomic mass is 35.5. The highest BCUT2D eigenvalue weighted by Gasteiger charge is 2.14. The lowest BCUT2D eigenvalue weighted by atomic mass is 9.88. The van der Waals surface area contributed by atoms with E-state index in [1.165, 1.54) is 32.1 Å². The van der Waals surface area contributed by atoms with Gasteiger partial charge in [0.25, 0.3) is 0 Å². The second-order valence-corrected chi connectivity index (χ2v) is 4.40. The summed E-state index contributed by atoms with van der Waals surface area (Å²) in [7, 11) is 0. The molecule has 0 saturated heterocycles. The van der Waals surface area contributed by atoms with Crippen molar-refractivity contribution in [1.82, 2.24) is 0 Å². The molecule has 2 atom stereocenters. The van der Waals surface area contributed by atoms with E-state index in [0.29, 0.717) is 5.38 Å². The van der Waals surface area contributed by atoms with Crippen molar-refractivity contribution >= 4 is 11.6 Å². The molecule has 12 heavy (non-hydrogen) atoms. The smallest absolute Gasteiger partial charge is 0.0518 e. The molecule has 0 fully saturated rings. The van der Waals surface area contributed by atoms with E-state index in [1.54, 1.807) is 5.57 Å². The number of allylic oxidation sites excluding steroid dienone is 2. The summed E-state index contributed by atoms with van der Waals surface area (Å²) >= 11 is 6.08. The molecule has 1 aliphatic rings. The van der Waals surface area contributed by atoms with E-state index >= 15 is 0 Å². The first-order valence-electron chi connectivity index (χ1n) is 5.08. The van der Waals surface area contributed by atoms with Crippen LogP contribution in [0, 0.1) is 5.92 Å². The predicted octanol–water partition coefficient (Wildman–Crippen LogP) is 4.14. The van der Waals surface area contributed by atoms with Gasteiger partial charge in [0.1, 0.15) is 0 Å². The van der Waals surface area contributed by atoms with Gasteiger partial charge in [-0.15, -0.1) is 11.6 Å². The van der Waals surface area contributed by atoms with E-state index in [2.05, 4.69) is 19.9 Å². The fourth-order valence-corrected chi connectivity index (χ4v) is 2.25. The van der Waals surface area contributed by atoms with Crippen LogP contribution in [0.25, 0.3) is 0 Å². The molecular weight excluding hydrogens is 168 g/mol. The average molecular weight is 187 g/mol. The van der Waals surface area contributed by atoms with Gasteiger partial charge in [0.05, 0.1) is 5.38 Å². The number of hydrogen-bond donors (Lipinski definition) is 0. The molecule has 0 N–H and O–H groups in total. The summed E-state index contributed by atoms with van der Waals surface area (Å²) in [6.07, 6.45) is 8.62. The second-order valence-electron chi connectivity index (χ2n) is 3.84. The summed E-state index contributed by atoms with van der Waals surface area (Å²) < 4.78 is 0. The van der Waals surface area contributed by atoms with E-state index < -0.39 is 0 Å². The fourth-order valence-electron chi connectivity index (χ4n) is 1.93. The zero-order valence-corrected chi connectivity index (χ0v) is 8.90. The van der Waals surface area contributed by atoms with Crippen LogP contribution >= 0.6 is 11.6 Å². The number of rotatable bonds is 3. The first kappa shape index (κ1) is 10.1. The summed E-state index contributed by atoms with van der Waals surface area (Å²) in [4.78, 5) is 0. The average Bonchev–Trinajstić information content (AvgIpc) is 2.05. The van der Waals surface area contributed by atoms with Gasteiger partial charge in [0, 0.05) is 0 Å². The Balaban J connectivity index is 2.48. The second kappa shape index (κ2) is 4.91. The summed E-state index contributed by atoms with van der Waals surface area (Å²) in [6, 6.07) is 0. The fraction of sp³-hybridized carbons (Fsp3) is 0.818. The van der Waals surface area contributed by atoms with Crippen molar-refractivity contribution in [2.45, 2.75) is 51.3 Å². The molecule has 0 nitrogen and oxygen atoms in total. The third-order valence-electron chi connectivity index (χ3n) is 2.69. The Kier molecular flexibility index (Phi) is 4.14. The number of halogens is 1. The van der Waals surface area contributed by atoms with Gasteiger partial charge in [-0.25, -0.2) is 0 Å². The molecule has 0 bridgehead atoms. The van der Waals surface area contributed by atoms with E-state index in [0.717, 1.165) is 5.92 Å². The lowest BCUT2D eigenvalue weighted by Gasteiger charge is -2.21. The van der Waals surface area contributed by atoms with E-state index in [-0.39, 0.29) is 0 Å². The molecule has 0 saturated carbocycles. The molecule has 0 aliphatic heterocycles. The topological polar surface area (TPSA) is 0 Å². The normalized spacial score (nSPS) is 26.6. The summed E-state index contributed by atoms with van der Waals surface area (Å²) in [6.45, 7) is 4.57. The zero-order valence-electron chi connectivity index (χ0n) is 8.15. The number of alkyl halides is 1. The summed E-state index contributed by atoms with van der Waals surface area (Å²) in [5.74, 6) is 0.761. The van der Waals surface area contributed by atoms with Gasteiger partial charge in [-0.2, -0.15) is 0 Å². The van der Waals surface area contributed by atoms with Crippen molar-refractivity contribution in [3.63, 3.8) is 0 Å². The Morgan fingerprint density at radius 2 is 2.42 bits per heavy atom. The lowest BCUT2D eigenvalue weighted by Crippen LogP contribution is -2.09. The standard InChI is InChI=1S/C11H19Cl/c1-3-5-9(2)10-6-4-7-11(12)8-10/h8-9,11H,3-7H2,1-2H3. The van der Waals surface area contributed by atoms with Crippen molar-refractivity contribution in [3.8, 4) is 0 Å². The van der Waals surface area contributed by atoms with Crippen LogP contribution < -0.4 is 0 Å². The largest absolute Gasteiger partial charge is 0.118 e.